The number of nitrogens with zero attached hydrogens (tertiary/aromatic N) is 3. The van der Waals surface area contributed by atoms with Crippen LogP contribution in [0, 0.1) is 5.92 Å². The maximum atomic E-state index is 12.6. The van der Waals surface area contributed by atoms with E-state index in [4.69, 9.17) is 4.42 Å². The van der Waals surface area contributed by atoms with E-state index in [0.29, 0.717) is 34.7 Å². The minimum absolute atomic E-state index is 0.170. The monoisotopic (exact) mass is 328 g/mol. The van der Waals surface area contributed by atoms with Crippen LogP contribution in [0.3, 0.4) is 0 Å². The molecule has 126 valence electrons. The number of hydrogen-bond donors (Lipinski definition) is 1. The van der Waals surface area contributed by atoms with Crippen LogP contribution in [0.2, 0.25) is 0 Å². The predicted octanol–water partition coefficient (Wildman–Crippen LogP) is 1.24. The average molecular weight is 328 g/mol. The molecular weight excluding hydrogens is 308 g/mol. The number of carbonyl (C=O) groups excluding carboxylic acids is 2. The predicted molar refractivity (Wildman–Crippen MR) is 88.9 cm³/mol. The van der Waals surface area contributed by atoms with Gasteiger partial charge >= 0.3 is 0 Å². The van der Waals surface area contributed by atoms with E-state index in [1.165, 1.54) is 17.4 Å². The van der Waals surface area contributed by atoms with Crippen molar-refractivity contribution in [2.75, 3.05) is 31.6 Å². The zero-order valence-corrected chi connectivity index (χ0v) is 13.6. The van der Waals surface area contributed by atoms with E-state index in [1.54, 1.807) is 13.1 Å². The van der Waals surface area contributed by atoms with Crippen LogP contribution >= 0.6 is 0 Å². The number of furan rings is 1. The van der Waals surface area contributed by atoms with Gasteiger partial charge in [0.2, 0.25) is 6.41 Å². The number of amides is 2. The van der Waals surface area contributed by atoms with Crippen molar-refractivity contribution < 1.29 is 14.0 Å². The van der Waals surface area contributed by atoms with E-state index in [2.05, 4.69) is 15.2 Å². The molecular formula is C17H20N4O3. The molecule has 2 aromatic heterocycles. The number of fused-ring (bicyclic) bond motifs is 4. The third kappa shape index (κ3) is 2.54. The molecule has 2 amide bonds. The van der Waals surface area contributed by atoms with Crippen molar-refractivity contribution in [3.05, 3.63) is 24.2 Å². The van der Waals surface area contributed by atoms with Crippen LogP contribution < -0.4 is 10.2 Å². The average Bonchev–Trinajstić information content (AvgIpc) is 3.05. The van der Waals surface area contributed by atoms with E-state index in [-0.39, 0.29) is 11.9 Å². The Labute approximate surface area is 139 Å². The van der Waals surface area contributed by atoms with Crippen molar-refractivity contribution >= 4 is 29.0 Å². The highest BCUT2D eigenvalue weighted by Crippen LogP contribution is 2.29. The van der Waals surface area contributed by atoms with Crippen LogP contribution in [-0.2, 0) is 4.79 Å². The Bertz CT molecular complexity index is 779. The van der Waals surface area contributed by atoms with Gasteiger partial charge in [-0.1, -0.05) is 0 Å². The SMILES string of the molecule is CN(C=O)c1coc2cnc(C(=O)NC3CN4CCC3CC4)cc12. The lowest BCUT2D eigenvalue weighted by molar-refractivity contribution is -0.107. The molecule has 2 bridgehead atoms. The van der Waals surface area contributed by atoms with Gasteiger partial charge in [-0.05, 0) is 37.9 Å². The van der Waals surface area contributed by atoms with Crippen molar-refractivity contribution in [1.29, 1.82) is 0 Å². The van der Waals surface area contributed by atoms with Gasteiger partial charge in [-0.15, -0.1) is 0 Å². The summed E-state index contributed by atoms with van der Waals surface area (Å²) in [6.07, 6.45) is 6.03. The van der Waals surface area contributed by atoms with Gasteiger partial charge in [0, 0.05) is 25.0 Å². The van der Waals surface area contributed by atoms with Gasteiger partial charge in [-0.2, -0.15) is 0 Å². The summed E-state index contributed by atoms with van der Waals surface area (Å²) in [4.78, 5) is 31.6. The molecule has 24 heavy (non-hydrogen) atoms. The second-order valence-corrected chi connectivity index (χ2v) is 6.62. The zero-order valence-electron chi connectivity index (χ0n) is 13.6. The van der Waals surface area contributed by atoms with Crippen molar-refractivity contribution in [2.45, 2.75) is 18.9 Å². The van der Waals surface area contributed by atoms with E-state index in [1.807, 2.05) is 0 Å². The van der Waals surface area contributed by atoms with Crippen molar-refractivity contribution in [1.82, 2.24) is 15.2 Å². The normalized spacial score (nSPS) is 25.6. The highest BCUT2D eigenvalue weighted by atomic mass is 16.3. The van der Waals surface area contributed by atoms with Crippen molar-refractivity contribution in [2.24, 2.45) is 5.92 Å². The topological polar surface area (TPSA) is 78.7 Å². The van der Waals surface area contributed by atoms with E-state index < -0.39 is 0 Å². The molecule has 5 rings (SSSR count). The maximum absolute atomic E-state index is 12.6. The molecule has 2 aromatic rings. The summed E-state index contributed by atoms with van der Waals surface area (Å²) in [5, 5.41) is 3.84. The first-order valence-electron chi connectivity index (χ1n) is 8.24. The lowest BCUT2D eigenvalue weighted by atomic mass is 9.84. The molecule has 3 saturated heterocycles. The molecule has 1 atom stereocenters. The van der Waals surface area contributed by atoms with Crippen LogP contribution in [0.4, 0.5) is 5.69 Å². The molecule has 7 nitrogen and oxygen atoms in total. The van der Waals surface area contributed by atoms with Gasteiger partial charge in [0.05, 0.1) is 11.9 Å². The molecule has 0 saturated carbocycles. The summed E-state index contributed by atoms with van der Waals surface area (Å²) in [6.45, 7) is 3.19. The molecule has 1 unspecified atom stereocenters. The highest BCUT2D eigenvalue weighted by Gasteiger charge is 2.35. The number of hydrogen-bond acceptors (Lipinski definition) is 5. The van der Waals surface area contributed by atoms with Gasteiger partial charge < -0.3 is 19.5 Å². The van der Waals surface area contributed by atoms with Gasteiger partial charge in [-0.3, -0.25) is 9.59 Å². The van der Waals surface area contributed by atoms with E-state index in [9.17, 15) is 9.59 Å². The molecule has 0 radical (unpaired) electrons. The summed E-state index contributed by atoms with van der Waals surface area (Å²) in [6, 6.07) is 1.88. The molecule has 0 aliphatic carbocycles. The Balaban J connectivity index is 1.57. The highest BCUT2D eigenvalue weighted by molar-refractivity contribution is 6.01. The first-order valence-corrected chi connectivity index (χ1v) is 8.24. The first kappa shape index (κ1) is 15.1. The minimum atomic E-state index is -0.170. The summed E-state index contributed by atoms with van der Waals surface area (Å²) in [5.41, 5.74) is 1.53. The fourth-order valence-corrected chi connectivity index (χ4v) is 3.74. The van der Waals surface area contributed by atoms with Crippen LogP contribution in [0.5, 0.6) is 0 Å². The van der Waals surface area contributed by atoms with Crippen LogP contribution in [0.15, 0.2) is 22.9 Å². The lowest BCUT2D eigenvalue weighted by Crippen LogP contribution is -2.57. The molecule has 0 aromatic carbocycles. The summed E-state index contributed by atoms with van der Waals surface area (Å²) >= 11 is 0. The number of rotatable bonds is 4. The molecule has 3 aliphatic rings. The lowest BCUT2D eigenvalue weighted by Gasteiger charge is -2.44. The zero-order chi connectivity index (χ0) is 16.7. The van der Waals surface area contributed by atoms with Crippen molar-refractivity contribution in [3.63, 3.8) is 0 Å². The number of anilines is 1. The minimum Gasteiger partial charge on any atom is -0.460 e. The second-order valence-electron chi connectivity index (χ2n) is 6.62. The largest absolute Gasteiger partial charge is 0.460 e. The van der Waals surface area contributed by atoms with Crippen LogP contribution in [0.1, 0.15) is 23.3 Å². The Hall–Kier alpha value is -2.41. The Morgan fingerprint density at radius 2 is 2.25 bits per heavy atom. The molecule has 3 aliphatic heterocycles. The Morgan fingerprint density at radius 3 is 2.92 bits per heavy atom. The van der Waals surface area contributed by atoms with Crippen molar-refractivity contribution in [3.8, 4) is 0 Å². The number of carbonyl (C=O) groups is 2. The van der Waals surface area contributed by atoms with Gasteiger partial charge in [0.15, 0.2) is 5.58 Å². The number of piperidine rings is 3. The summed E-state index contributed by atoms with van der Waals surface area (Å²) in [7, 11) is 1.64. The Kier molecular flexibility index (Phi) is 3.72. The summed E-state index contributed by atoms with van der Waals surface area (Å²) in [5.74, 6) is 0.393. The quantitative estimate of drug-likeness (QED) is 0.855. The first-order chi connectivity index (χ1) is 11.7. The third-order valence-corrected chi connectivity index (χ3v) is 5.18. The molecule has 7 heteroatoms. The van der Waals surface area contributed by atoms with Gasteiger partial charge in [-0.25, -0.2) is 4.98 Å². The number of nitrogens with one attached hydrogen (secondary N) is 1. The number of aromatic nitrogens is 1. The molecule has 5 heterocycles. The van der Waals surface area contributed by atoms with Crippen LogP contribution in [0.25, 0.3) is 11.0 Å². The van der Waals surface area contributed by atoms with E-state index >= 15 is 0 Å². The number of pyridine rings is 1. The van der Waals surface area contributed by atoms with E-state index in [0.717, 1.165) is 32.5 Å². The molecule has 1 N–H and O–H groups in total. The fraction of sp³-hybridized carbons (Fsp3) is 0.471. The maximum Gasteiger partial charge on any atom is 0.270 e. The van der Waals surface area contributed by atoms with Gasteiger partial charge in [0.25, 0.3) is 5.91 Å². The van der Waals surface area contributed by atoms with Crippen LogP contribution in [-0.4, -0.2) is 54.9 Å². The van der Waals surface area contributed by atoms with Gasteiger partial charge in [0.1, 0.15) is 12.0 Å². The fourth-order valence-electron chi connectivity index (χ4n) is 3.74. The molecule has 0 spiro atoms. The Morgan fingerprint density at radius 1 is 1.46 bits per heavy atom. The molecule has 3 fully saturated rings. The summed E-state index contributed by atoms with van der Waals surface area (Å²) < 4.78 is 5.40. The third-order valence-electron chi connectivity index (χ3n) is 5.18. The standard InChI is InChI=1S/C17H20N4O3/c1-20(10-22)15-9-24-16-7-18-13(6-12(15)16)17(23)19-14-8-21-4-2-11(14)3-5-21/h6-7,9-11,14H,2-5,8H2,1H3,(H,19,23). The second kappa shape index (κ2) is 5.90. The smallest absolute Gasteiger partial charge is 0.270 e.